The highest BCUT2D eigenvalue weighted by Crippen LogP contribution is 2.28. The third-order valence-corrected chi connectivity index (χ3v) is 3.02. The van der Waals surface area contributed by atoms with Crippen LogP contribution in [0.15, 0.2) is 30.6 Å². The van der Waals surface area contributed by atoms with Gasteiger partial charge < -0.3 is 10.6 Å². The molecule has 0 spiro atoms. The fraction of sp³-hybridized carbons (Fsp3) is 0.286. The van der Waals surface area contributed by atoms with E-state index in [2.05, 4.69) is 9.97 Å². The fourth-order valence-electron chi connectivity index (χ4n) is 2.06. The quantitative estimate of drug-likeness (QED) is 0.918. The predicted molar refractivity (Wildman–Crippen MR) is 74.9 cm³/mol. The lowest BCUT2D eigenvalue weighted by Gasteiger charge is -2.24. The lowest BCUT2D eigenvalue weighted by molar-refractivity contribution is 0.627. The molecule has 0 fully saturated rings. The molecule has 5 heteroatoms. The highest BCUT2D eigenvalue weighted by Gasteiger charge is 2.15. The molecule has 2 rings (SSSR count). The van der Waals surface area contributed by atoms with E-state index in [-0.39, 0.29) is 5.82 Å². The second-order valence-corrected chi connectivity index (χ2v) is 4.14. The van der Waals surface area contributed by atoms with Gasteiger partial charge in [-0.05, 0) is 37.6 Å². The molecule has 100 valence electrons. The van der Waals surface area contributed by atoms with Crippen molar-refractivity contribution in [3.63, 3.8) is 0 Å². The largest absolute Gasteiger partial charge is 0.383 e. The van der Waals surface area contributed by atoms with Gasteiger partial charge in [0.1, 0.15) is 23.8 Å². The second-order valence-electron chi connectivity index (χ2n) is 4.14. The molecule has 2 N–H and O–H groups in total. The maximum atomic E-state index is 13.0. The van der Waals surface area contributed by atoms with Gasteiger partial charge in [0.15, 0.2) is 0 Å². The van der Waals surface area contributed by atoms with E-state index in [4.69, 9.17) is 5.73 Å². The van der Waals surface area contributed by atoms with Crippen molar-refractivity contribution in [2.24, 2.45) is 0 Å². The van der Waals surface area contributed by atoms with E-state index in [0.717, 1.165) is 30.0 Å². The molecule has 0 atom stereocenters. The molecule has 19 heavy (non-hydrogen) atoms. The zero-order valence-electron chi connectivity index (χ0n) is 11.1. The van der Waals surface area contributed by atoms with Crippen molar-refractivity contribution < 1.29 is 4.39 Å². The summed E-state index contributed by atoms with van der Waals surface area (Å²) < 4.78 is 13.0. The van der Waals surface area contributed by atoms with E-state index >= 15 is 0 Å². The van der Waals surface area contributed by atoms with Crippen LogP contribution in [-0.4, -0.2) is 16.5 Å². The number of rotatable bonds is 4. The molecule has 1 heterocycles. The molecule has 0 amide bonds. The summed E-state index contributed by atoms with van der Waals surface area (Å²) in [4.78, 5) is 10.3. The molecule has 4 nitrogen and oxygen atoms in total. The third-order valence-electron chi connectivity index (χ3n) is 3.02. The van der Waals surface area contributed by atoms with Crippen LogP contribution in [0.5, 0.6) is 0 Å². The van der Waals surface area contributed by atoms with Crippen molar-refractivity contribution in [3.8, 4) is 0 Å². The molecule has 0 aliphatic carbocycles. The zero-order chi connectivity index (χ0) is 13.8. The van der Waals surface area contributed by atoms with Crippen LogP contribution in [0.25, 0.3) is 0 Å². The van der Waals surface area contributed by atoms with Crippen LogP contribution in [0.1, 0.15) is 19.4 Å². The average Bonchev–Trinajstić information content (AvgIpc) is 2.42. The monoisotopic (exact) mass is 260 g/mol. The Hall–Kier alpha value is -2.17. The van der Waals surface area contributed by atoms with Crippen molar-refractivity contribution in [2.75, 3.05) is 17.2 Å². The Balaban J connectivity index is 2.48. The summed E-state index contributed by atoms with van der Waals surface area (Å²) in [5, 5.41) is 0. The van der Waals surface area contributed by atoms with Gasteiger partial charge in [-0.2, -0.15) is 0 Å². The first-order chi connectivity index (χ1) is 9.17. The Bertz CT molecular complexity index is 554. The molecule has 0 unspecified atom stereocenters. The van der Waals surface area contributed by atoms with Gasteiger partial charge in [0.2, 0.25) is 0 Å². The summed E-state index contributed by atoms with van der Waals surface area (Å²) in [6.07, 6.45) is 2.20. The number of halogens is 1. The van der Waals surface area contributed by atoms with Crippen LogP contribution in [0.2, 0.25) is 0 Å². The first-order valence-corrected chi connectivity index (χ1v) is 6.29. The summed E-state index contributed by atoms with van der Waals surface area (Å²) in [5.41, 5.74) is 7.69. The molecular weight excluding hydrogens is 243 g/mol. The normalized spacial score (nSPS) is 10.5. The highest BCUT2D eigenvalue weighted by molar-refractivity contribution is 5.66. The zero-order valence-corrected chi connectivity index (χ0v) is 11.1. The van der Waals surface area contributed by atoms with Crippen LogP contribution < -0.4 is 10.6 Å². The van der Waals surface area contributed by atoms with E-state index < -0.39 is 0 Å². The molecule has 1 aromatic heterocycles. The van der Waals surface area contributed by atoms with Crippen molar-refractivity contribution in [3.05, 3.63) is 42.0 Å². The predicted octanol–water partition coefficient (Wildman–Crippen LogP) is 2.92. The Morgan fingerprint density at radius 2 is 1.84 bits per heavy atom. The summed E-state index contributed by atoms with van der Waals surface area (Å²) in [7, 11) is 0. The van der Waals surface area contributed by atoms with E-state index in [1.807, 2.05) is 18.7 Å². The third kappa shape index (κ3) is 2.65. The number of nitrogen functional groups attached to an aromatic ring is 1. The summed E-state index contributed by atoms with van der Waals surface area (Å²) in [5.74, 6) is 1.02. The van der Waals surface area contributed by atoms with Gasteiger partial charge in [0.05, 0.1) is 0 Å². The average molecular weight is 260 g/mol. The highest BCUT2D eigenvalue weighted by atomic mass is 19.1. The van der Waals surface area contributed by atoms with Crippen LogP contribution in [0.4, 0.5) is 21.7 Å². The lowest BCUT2D eigenvalue weighted by Crippen LogP contribution is -2.20. The number of benzene rings is 1. The summed E-state index contributed by atoms with van der Waals surface area (Å²) >= 11 is 0. The van der Waals surface area contributed by atoms with Gasteiger partial charge in [-0.3, -0.25) is 0 Å². The van der Waals surface area contributed by atoms with Gasteiger partial charge in [-0.1, -0.05) is 6.92 Å². The molecule has 0 saturated heterocycles. The van der Waals surface area contributed by atoms with E-state index in [1.165, 1.54) is 18.5 Å². The Morgan fingerprint density at radius 1 is 1.16 bits per heavy atom. The Morgan fingerprint density at radius 3 is 2.42 bits per heavy atom. The Kier molecular flexibility index (Phi) is 3.94. The van der Waals surface area contributed by atoms with Crippen molar-refractivity contribution in [2.45, 2.75) is 20.3 Å². The van der Waals surface area contributed by atoms with Crippen molar-refractivity contribution in [1.29, 1.82) is 0 Å². The minimum Gasteiger partial charge on any atom is -0.383 e. The number of hydrogen-bond acceptors (Lipinski definition) is 4. The van der Waals surface area contributed by atoms with Crippen LogP contribution >= 0.6 is 0 Å². The van der Waals surface area contributed by atoms with Gasteiger partial charge in [-0.25, -0.2) is 14.4 Å². The molecule has 1 aromatic carbocycles. The van der Waals surface area contributed by atoms with Gasteiger partial charge in [0.25, 0.3) is 0 Å². The molecule has 2 aromatic rings. The SMILES string of the molecule is CCc1c(N)ncnc1N(CC)c1ccc(F)cc1. The number of anilines is 3. The molecule has 0 radical (unpaired) electrons. The topological polar surface area (TPSA) is 55.0 Å². The number of aromatic nitrogens is 2. The number of hydrogen-bond donors (Lipinski definition) is 1. The Labute approximate surface area is 112 Å². The van der Waals surface area contributed by atoms with E-state index in [1.54, 1.807) is 12.1 Å². The first-order valence-electron chi connectivity index (χ1n) is 6.29. The molecule has 0 bridgehead atoms. The summed E-state index contributed by atoms with van der Waals surface area (Å²) in [6, 6.07) is 6.34. The summed E-state index contributed by atoms with van der Waals surface area (Å²) in [6.45, 7) is 4.74. The standard InChI is InChI=1S/C14H17FN4/c1-3-12-13(16)17-9-18-14(12)19(4-2)11-7-5-10(15)6-8-11/h5-9H,3-4H2,1-2H3,(H2,16,17,18). The minimum absolute atomic E-state index is 0.252. The number of nitrogens with zero attached hydrogens (tertiary/aromatic N) is 3. The van der Waals surface area contributed by atoms with Crippen LogP contribution in [0, 0.1) is 5.82 Å². The minimum atomic E-state index is -0.252. The molecular formula is C14H17FN4. The van der Waals surface area contributed by atoms with Crippen LogP contribution in [0.3, 0.4) is 0 Å². The van der Waals surface area contributed by atoms with Gasteiger partial charge in [0, 0.05) is 17.8 Å². The van der Waals surface area contributed by atoms with Gasteiger partial charge >= 0.3 is 0 Å². The van der Waals surface area contributed by atoms with E-state index in [0.29, 0.717) is 5.82 Å². The first kappa shape index (κ1) is 13.3. The maximum absolute atomic E-state index is 13.0. The van der Waals surface area contributed by atoms with Crippen LogP contribution in [-0.2, 0) is 6.42 Å². The van der Waals surface area contributed by atoms with Crippen molar-refractivity contribution in [1.82, 2.24) is 9.97 Å². The lowest BCUT2D eigenvalue weighted by atomic mass is 10.2. The van der Waals surface area contributed by atoms with E-state index in [9.17, 15) is 4.39 Å². The maximum Gasteiger partial charge on any atom is 0.141 e. The second kappa shape index (κ2) is 5.65. The smallest absolute Gasteiger partial charge is 0.141 e. The van der Waals surface area contributed by atoms with Gasteiger partial charge in [-0.15, -0.1) is 0 Å². The molecule has 0 aliphatic heterocycles. The fourth-order valence-corrected chi connectivity index (χ4v) is 2.06. The molecule has 0 aliphatic rings. The van der Waals surface area contributed by atoms with Crippen molar-refractivity contribution >= 4 is 17.3 Å². The molecule has 0 saturated carbocycles. The number of nitrogens with two attached hydrogens (primary N) is 1.